The summed E-state index contributed by atoms with van der Waals surface area (Å²) in [5, 5.41) is 0. The van der Waals surface area contributed by atoms with Gasteiger partial charge in [-0.1, -0.05) is 25.7 Å². The number of hydrogen-bond acceptors (Lipinski definition) is 4. The van der Waals surface area contributed by atoms with Crippen molar-refractivity contribution >= 4 is 5.97 Å². The molecule has 0 saturated heterocycles. The fourth-order valence-corrected chi connectivity index (χ4v) is 2.83. The number of nitrogens with zero attached hydrogens (tertiary/aromatic N) is 2. The van der Waals surface area contributed by atoms with Gasteiger partial charge in [-0.2, -0.15) is 0 Å². The third kappa shape index (κ3) is 3.74. The zero-order chi connectivity index (χ0) is 14.5. The van der Waals surface area contributed by atoms with E-state index in [1.54, 1.807) is 12.5 Å². The second-order valence-electron chi connectivity index (χ2n) is 5.75. The predicted molar refractivity (Wildman–Crippen MR) is 75.6 cm³/mol. The van der Waals surface area contributed by atoms with Crippen LogP contribution < -0.4 is 4.74 Å². The summed E-state index contributed by atoms with van der Waals surface area (Å²) in [5.74, 6) is 0.960. The first-order valence-corrected chi connectivity index (χ1v) is 7.38. The van der Waals surface area contributed by atoms with Crippen molar-refractivity contribution in [1.82, 2.24) is 9.55 Å². The molecule has 1 aromatic rings. The summed E-state index contributed by atoms with van der Waals surface area (Å²) in [6, 6.07) is -0.292. The van der Waals surface area contributed by atoms with Crippen LogP contribution in [0.1, 0.15) is 52.0 Å². The predicted octanol–water partition coefficient (Wildman–Crippen LogP) is 2.96. The Hall–Kier alpha value is -1.52. The third-order valence-corrected chi connectivity index (χ3v) is 3.80. The van der Waals surface area contributed by atoms with Gasteiger partial charge in [-0.15, -0.1) is 0 Å². The van der Waals surface area contributed by atoms with E-state index < -0.39 is 0 Å². The van der Waals surface area contributed by atoms with Gasteiger partial charge in [0.25, 0.3) is 0 Å². The molecule has 1 fully saturated rings. The maximum Gasteiger partial charge on any atom is 0.328 e. The molecule has 0 N–H and O–H groups in total. The van der Waals surface area contributed by atoms with Gasteiger partial charge < -0.3 is 14.0 Å². The zero-order valence-corrected chi connectivity index (χ0v) is 12.5. The summed E-state index contributed by atoms with van der Waals surface area (Å²) in [6.45, 7) is 3.91. The van der Waals surface area contributed by atoms with Crippen LogP contribution in [0.2, 0.25) is 0 Å². The molecule has 0 aromatic carbocycles. The Kier molecular flexibility index (Phi) is 5.04. The van der Waals surface area contributed by atoms with Gasteiger partial charge in [0.15, 0.2) is 0 Å². The monoisotopic (exact) mass is 280 g/mol. The molecule has 5 heteroatoms. The van der Waals surface area contributed by atoms with Gasteiger partial charge in [-0.25, -0.2) is 9.78 Å². The van der Waals surface area contributed by atoms with Crippen LogP contribution in [0.3, 0.4) is 0 Å². The maximum absolute atomic E-state index is 12.0. The number of ether oxygens (including phenoxy) is 2. The SMILES string of the molecule is COC(=O)C(CC1CCCC1)n1cnc(OC(C)C)c1. The van der Waals surface area contributed by atoms with Crippen molar-refractivity contribution in [2.45, 2.75) is 58.1 Å². The van der Waals surface area contributed by atoms with Crippen molar-refractivity contribution < 1.29 is 14.3 Å². The molecular weight excluding hydrogens is 256 g/mol. The summed E-state index contributed by atoms with van der Waals surface area (Å²) in [4.78, 5) is 16.2. The van der Waals surface area contributed by atoms with E-state index in [1.165, 1.54) is 32.8 Å². The molecule has 5 nitrogen and oxygen atoms in total. The van der Waals surface area contributed by atoms with E-state index in [4.69, 9.17) is 9.47 Å². The normalized spacial score (nSPS) is 17.4. The molecule has 0 spiro atoms. The van der Waals surface area contributed by atoms with E-state index in [0.717, 1.165) is 6.42 Å². The van der Waals surface area contributed by atoms with Crippen LogP contribution in [0.15, 0.2) is 12.5 Å². The molecule has 1 saturated carbocycles. The summed E-state index contributed by atoms with van der Waals surface area (Å²) >= 11 is 0. The van der Waals surface area contributed by atoms with E-state index in [2.05, 4.69) is 4.98 Å². The molecule has 112 valence electrons. The largest absolute Gasteiger partial charge is 0.474 e. The van der Waals surface area contributed by atoms with Crippen LogP contribution in [0, 0.1) is 5.92 Å². The number of carbonyl (C=O) groups is 1. The van der Waals surface area contributed by atoms with Crippen molar-refractivity contribution in [2.75, 3.05) is 7.11 Å². The molecule has 0 amide bonds. The molecule has 2 rings (SSSR count). The Bertz CT molecular complexity index is 436. The van der Waals surface area contributed by atoms with Crippen LogP contribution in [0.4, 0.5) is 0 Å². The van der Waals surface area contributed by atoms with Gasteiger partial charge in [0.2, 0.25) is 5.88 Å². The van der Waals surface area contributed by atoms with E-state index in [0.29, 0.717) is 11.8 Å². The van der Waals surface area contributed by atoms with E-state index in [1.807, 2.05) is 18.4 Å². The average molecular weight is 280 g/mol. The first kappa shape index (κ1) is 14.9. The lowest BCUT2D eigenvalue weighted by atomic mass is 9.98. The van der Waals surface area contributed by atoms with Crippen molar-refractivity contribution in [3.05, 3.63) is 12.5 Å². The molecule has 1 atom stereocenters. The Morgan fingerprint density at radius 2 is 2.15 bits per heavy atom. The Balaban J connectivity index is 2.08. The van der Waals surface area contributed by atoms with E-state index in [9.17, 15) is 4.79 Å². The molecule has 1 aromatic heterocycles. The lowest BCUT2D eigenvalue weighted by Crippen LogP contribution is -2.22. The van der Waals surface area contributed by atoms with E-state index in [-0.39, 0.29) is 18.1 Å². The van der Waals surface area contributed by atoms with Crippen LogP contribution >= 0.6 is 0 Å². The van der Waals surface area contributed by atoms with Gasteiger partial charge in [0.1, 0.15) is 6.04 Å². The minimum atomic E-state index is -0.292. The third-order valence-electron chi connectivity index (χ3n) is 3.80. The number of esters is 1. The van der Waals surface area contributed by atoms with Gasteiger partial charge in [-0.3, -0.25) is 0 Å². The number of carbonyl (C=O) groups excluding carboxylic acids is 1. The maximum atomic E-state index is 12.0. The minimum Gasteiger partial charge on any atom is -0.474 e. The lowest BCUT2D eigenvalue weighted by molar-refractivity contribution is -0.145. The highest BCUT2D eigenvalue weighted by Crippen LogP contribution is 2.32. The zero-order valence-electron chi connectivity index (χ0n) is 12.5. The second-order valence-corrected chi connectivity index (χ2v) is 5.75. The van der Waals surface area contributed by atoms with Crippen LogP contribution in [-0.4, -0.2) is 28.7 Å². The molecule has 0 bridgehead atoms. The molecule has 1 aliphatic rings. The van der Waals surface area contributed by atoms with Gasteiger partial charge in [0.05, 0.1) is 25.7 Å². The second kappa shape index (κ2) is 6.77. The summed E-state index contributed by atoms with van der Waals surface area (Å²) in [6.07, 6.45) is 9.29. The van der Waals surface area contributed by atoms with Gasteiger partial charge in [-0.05, 0) is 26.2 Å². The molecule has 1 heterocycles. The van der Waals surface area contributed by atoms with E-state index >= 15 is 0 Å². The topological polar surface area (TPSA) is 53.4 Å². The average Bonchev–Trinajstić information content (AvgIpc) is 3.05. The molecule has 0 aliphatic heterocycles. The summed E-state index contributed by atoms with van der Waals surface area (Å²) in [5.41, 5.74) is 0. The van der Waals surface area contributed by atoms with Crippen molar-refractivity contribution in [1.29, 1.82) is 0 Å². The number of rotatable bonds is 6. The number of aromatic nitrogens is 2. The van der Waals surface area contributed by atoms with Crippen LogP contribution in [-0.2, 0) is 9.53 Å². The summed E-state index contributed by atoms with van der Waals surface area (Å²) in [7, 11) is 1.44. The fourth-order valence-electron chi connectivity index (χ4n) is 2.83. The Labute approximate surface area is 120 Å². The smallest absolute Gasteiger partial charge is 0.328 e. The highest BCUT2D eigenvalue weighted by molar-refractivity contribution is 5.74. The Morgan fingerprint density at radius 3 is 2.75 bits per heavy atom. The highest BCUT2D eigenvalue weighted by Gasteiger charge is 2.27. The van der Waals surface area contributed by atoms with Crippen molar-refractivity contribution in [3.63, 3.8) is 0 Å². The number of imidazole rings is 1. The van der Waals surface area contributed by atoms with Gasteiger partial charge >= 0.3 is 5.97 Å². The van der Waals surface area contributed by atoms with Crippen LogP contribution in [0.25, 0.3) is 0 Å². The molecule has 20 heavy (non-hydrogen) atoms. The van der Waals surface area contributed by atoms with Crippen molar-refractivity contribution in [2.24, 2.45) is 5.92 Å². The molecule has 1 aliphatic carbocycles. The minimum absolute atomic E-state index is 0.0739. The number of methoxy groups -OCH3 is 1. The lowest BCUT2D eigenvalue weighted by Gasteiger charge is -2.19. The Morgan fingerprint density at radius 1 is 1.45 bits per heavy atom. The highest BCUT2D eigenvalue weighted by atomic mass is 16.5. The van der Waals surface area contributed by atoms with Crippen LogP contribution in [0.5, 0.6) is 5.88 Å². The molecule has 1 unspecified atom stereocenters. The molecular formula is C15H24N2O3. The standard InChI is InChI=1S/C15H24N2O3/c1-11(2)20-14-9-17(10-16-14)13(15(18)19-3)8-12-6-4-5-7-12/h9-13H,4-8H2,1-3H3. The first-order valence-electron chi connectivity index (χ1n) is 7.38. The molecule has 0 radical (unpaired) electrons. The quantitative estimate of drug-likeness (QED) is 0.752. The summed E-state index contributed by atoms with van der Waals surface area (Å²) < 4.78 is 12.3. The fraction of sp³-hybridized carbons (Fsp3) is 0.733. The van der Waals surface area contributed by atoms with Gasteiger partial charge in [0, 0.05) is 0 Å². The van der Waals surface area contributed by atoms with Crippen molar-refractivity contribution in [3.8, 4) is 5.88 Å². The number of hydrogen-bond donors (Lipinski definition) is 0. The first-order chi connectivity index (χ1) is 9.60.